The number of benzene rings is 5. The Hall–Kier alpha value is -2.86. The number of rotatable bonds is 6. The van der Waals surface area contributed by atoms with Crippen molar-refractivity contribution in [3.05, 3.63) is 145 Å². The molecule has 33 heavy (non-hydrogen) atoms. The Morgan fingerprint density at radius 3 is 1.21 bits per heavy atom. The normalized spacial score (nSPS) is 10.2. The molecule has 0 heterocycles. The summed E-state index contributed by atoms with van der Waals surface area (Å²) in [4.78, 5) is 2.27. The molecule has 0 saturated carbocycles. The summed E-state index contributed by atoms with van der Waals surface area (Å²) in [7, 11) is 0. The zero-order valence-corrected chi connectivity index (χ0v) is 23.0. The second-order valence-electron chi connectivity index (χ2n) is 7.55. The van der Waals surface area contributed by atoms with Crippen LogP contribution in [0.5, 0.6) is 0 Å². The van der Waals surface area contributed by atoms with Crippen molar-refractivity contribution in [1.82, 2.24) is 0 Å². The summed E-state index contributed by atoms with van der Waals surface area (Å²) in [6, 6.07) is 48.0. The zero-order valence-electron chi connectivity index (χ0n) is 18.3. The molecular weight excluding hydrogens is 615 g/mol. The quantitative estimate of drug-likeness (QED) is 0.181. The Balaban J connectivity index is 0.00000259. The van der Waals surface area contributed by atoms with Crippen LogP contribution >= 0.6 is 0 Å². The summed E-state index contributed by atoms with van der Waals surface area (Å²) in [6.45, 7) is 0. The van der Waals surface area contributed by atoms with E-state index in [4.69, 9.17) is 0 Å². The first-order chi connectivity index (χ1) is 15.9. The molecule has 0 aliphatic rings. The molecule has 2 nitrogen and oxygen atoms in total. The van der Waals surface area contributed by atoms with Gasteiger partial charge in [-0.1, -0.05) is 103 Å². The summed E-state index contributed by atoms with van der Waals surface area (Å²) in [6.07, 6.45) is 0. The number of hydrogen-bond acceptors (Lipinski definition) is 1. The maximum Gasteiger partial charge on any atom is 0.0462 e. The molecule has 5 aromatic rings. The fraction of sp³-hybridized carbons (Fsp3) is 0. The third-order valence-corrected chi connectivity index (χ3v) is 5.37. The molecule has 0 aliphatic heterocycles. The topological polar surface area (TPSA) is 17.3 Å². The van der Waals surface area contributed by atoms with E-state index in [1.165, 1.54) is 11.1 Å². The molecule has 0 aliphatic carbocycles. The van der Waals surface area contributed by atoms with E-state index < -0.39 is 0 Å². The summed E-state index contributed by atoms with van der Waals surface area (Å²) < 4.78 is 0. The van der Waals surface area contributed by atoms with Crippen LogP contribution in [0.1, 0.15) is 0 Å². The van der Waals surface area contributed by atoms with Crippen molar-refractivity contribution in [3.8, 4) is 11.1 Å². The van der Waals surface area contributed by atoms with Crippen LogP contribution in [0.3, 0.4) is 0 Å². The molecule has 0 atom stereocenters. The summed E-state index contributed by atoms with van der Waals surface area (Å²) in [5.41, 5.74) is 7.68. The van der Waals surface area contributed by atoms with Crippen LogP contribution in [0.15, 0.2) is 140 Å². The van der Waals surface area contributed by atoms with Crippen LogP contribution in [0.4, 0.5) is 28.4 Å². The molecule has 0 unspecified atom stereocenters. The number of nitrogens with zero attached hydrogens (tertiary/aromatic N) is 2. The summed E-state index contributed by atoms with van der Waals surface area (Å²) in [5.74, 6) is 0. The van der Waals surface area contributed by atoms with Gasteiger partial charge in [0.05, 0.1) is 0 Å². The van der Waals surface area contributed by atoms with Gasteiger partial charge < -0.3 is 10.2 Å². The monoisotopic (exact) mass is 638 g/mol. The second-order valence-corrected chi connectivity index (χ2v) is 7.55. The molecule has 3 heteroatoms. The van der Waals surface area contributed by atoms with E-state index >= 15 is 0 Å². The maximum atomic E-state index is 4.67. The minimum atomic E-state index is 0. The van der Waals surface area contributed by atoms with Gasteiger partial charge in [0.1, 0.15) is 0 Å². The Morgan fingerprint density at radius 2 is 0.727 bits per heavy atom. The Bertz CT molecular complexity index is 1210. The molecule has 0 spiro atoms. The van der Waals surface area contributed by atoms with Crippen molar-refractivity contribution in [3.63, 3.8) is 0 Å². The molecule has 5 aromatic carbocycles. The molecule has 5 rings (SSSR count). The smallest absolute Gasteiger partial charge is 0.0462 e. The molecule has 157 valence electrons. The Labute approximate surface area is 231 Å². The van der Waals surface area contributed by atoms with Crippen LogP contribution in [0, 0.1) is 44.1 Å². The van der Waals surface area contributed by atoms with Gasteiger partial charge >= 0.3 is 0 Å². The number of anilines is 3. The number of hydrogen-bond donors (Lipinski definition) is 0. The fourth-order valence-electron chi connectivity index (χ4n) is 3.78. The van der Waals surface area contributed by atoms with Gasteiger partial charge in [0.15, 0.2) is 0 Å². The van der Waals surface area contributed by atoms with Gasteiger partial charge in [-0.3, -0.25) is 0 Å². The van der Waals surface area contributed by atoms with Crippen LogP contribution in [-0.4, -0.2) is 0 Å². The molecule has 0 saturated heterocycles. The molecule has 0 bridgehead atoms. The van der Waals surface area contributed by atoms with Crippen molar-refractivity contribution in [2.45, 2.75) is 0 Å². The molecule has 0 aromatic heterocycles. The molecule has 0 fully saturated rings. The van der Waals surface area contributed by atoms with Crippen LogP contribution < -0.4 is 4.90 Å². The van der Waals surface area contributed by atoms with E-state index in [2.05, 4.69) is 107 Å². The van der Waals surface area contributed by atoms with E-state index in [0.717, 1.165) is 28.4 Å². The van der Waals surface area contributed by atoms with Gasteiger partial charge in [0.25, 0.3) is 0 Å². The van der Waals surface area contributed by atoms with Crippen molar-refractivity contribution >= 4 is 28.4 Å². The first kappa shape index (κ1) is 23.3. The van der Waals surface area contributed by atoms with Gasteiger partial charge in [-0.25, -0.2) is 0 Å². The first-order valence-corrected chi connectivity index (χ1v) is 10.7. The van der Waals surface area contributed by atoms with Gasteiger partial charge in [0, 0.05) is 61.1 Å². The Morgan fingerprint density at radius 1 is 0.364 bits per heavy atom. The molecular formula is C30H23AcN2-. The van der Waals surface area contributed by atoms with E-state index in [9.17, 15) is 0 Å². The fourth-order valence-corrected chi connectivity index (χ4v) is 3.78. The third-order valence-electron chi connectivity index (χ3n) is 5.37. The largest absolute Gasteiger partial charge is 0.658 e. The summed E-state index contributed by atoms with van der Waals surface area (Å²) >= 11 is 0. The predicted octanol–water partition coefficient (Wildman–Crippen LogP) is 9.16. The van der Waals surface area contributed by atoms with Crippen molar-refractivity contribution < 1.29 is 44.1 Å². The average molecular weight is 639 g/mol. The minimum Gasteiger partial charge on any atom is -0.658 e. The van der Waals surface area contributed by atoms with Crippen molar-refractivity contribution in [2.24, 2.45) is 0 Å². The van der Waals surface area contributed by atoms with E-state index in [1.54, 1.807) is 0 Å². The van der Waals surface area contributed by atoms with Crippen molar-refractivity contribution in [1.29, 1.82) is 0 Å². The zero-order chi connectivity index (χ0) is 21.6. The first-order valence-electron chi connectivity index (χ1n) is 10.7. The number of para-hydroxylation sites is 3. The third kappa shape index (κ3) is 5.74. The van der Waals surface area contributed by atoms with Crippen LogP contribution in [0.2, 0.25) is 0 Å². The second kappa shape index (κ2) is 11.3. The van der Waals surface area contributed by atoms with Crippen LogP contribution in [-0.2, 0) is 0 Å². The van der Waals surface area contributed by atoms with E-state index in [-0.39, 0.29) is 44.1 Å². The van der Waals surface area contributed by atoms with Crippen LogP contribution in [0.25, 0.3) is 16.4 Å². The van der Waals surface area contributed by atoms with E-state index in [0.29, 0.717) is 0 Å². The summed E-state index contributed by atoms with van der Waals surface area (Å²) in [5, 5.41) is 4.67. The molecule has 0 N–H and O–H groups in total. The maximum absolute atomic E-state index is 4.67. The van der Waals surface area contributed by atoms with E-state index in [1.807, 2.05) is 42.5 Å². The van der Waals surface area contributed by atoms with Gasteiger partial charge in [-0.05, 0) is 47.5 Å². The molecule has 0 amide bonds. The SMILES string of the molecule is [Ac].c1ccc([N-]c2ccc(-c3ccc(N(c4ccccc4)c4ccccc4)cc3)cc2)cc1. The van der Waals surface area contributed by atoms with Gasteiger partial charge in [0.2, 0.25) is 0 Å². The average Bonchev–Trinajstić information content (AvgIpc) is 2.87. The van der Waals surface area contributed by atoms with Gasteiger partial charge in [-0.2, -0.15) is 0 Å². The Kier molecular flexibility index (Phi) is 8.00. The minimum absolute atomic E-state index is 0. The standard InChI is InChI=1S/C30H23N2.Ac/c1-4-10-26(11-5-1)31-27-20-16-24(17-21-27)25-18-22-30(23-19-25)32(28-12-6-2-7-13-28)29-14-8-3-9-15-29;/h1-23H;/q-1;. The van der Waals surface area contributed by atoms with Crippen molar-refractivity contribution in [2.75, 3.05) is 4.90 Å². The predicted molar refractivity (Wildman–Crippen MR) is 136 cm³/mol. The molecule has 1 radical (unpaired) electrons. The van der Waals surface area contributed by atoms with Gasteiger partial charge in [-0.15, -0.1) is 11.4 Å².